The van der Waals surface area contributed by atoms with Crippen LogP contribution in [0.5, 0.6) is 0 Å². The molecule has 3 nitrogen and oxygen atoms in total. The fourth-order valence-electron chi connectivity index (χ4n) is 2.57. The minimum absolute atomic E-state index is 0.602. The first-order chi connectivity index (χ1) is 8.86. The normalized spacial score (nSPS) is 20.3. The number of anilines is 1. The Labute approximate surface area is 108 Å². The Bertz CT molecular complexity index is 538. The molecule has 2 aromatic rings. The van der Waals surface area contributed by atoms with Gasteiger partial charge in [-0.2, -0.15) is 0 Å². The zero-order valence-corrected chi connectivity index (χ0v) is 10.8. The molecule has 3 heteroatoms. The van der Waals surface area contributed by atoms with E-state index >= 15 is 0 Å². The van der Waals surface area contributed by atoms with Gasteiger partial charge in [-0.05, 0) is 18.6 Å². The molecule has 0 spiro atoms. The zero-order valence-electron chi connectivity index (χ0n) is 10.8. The third kappa shape index (κ3) is 2.18. The lowest BCUT2D eigenvalue weighted by molar-refractivity contribution is 0.447. The van der Waals surface area contributed by atoms with Gasteiger partial charge in [0.05, 0.1) is 17.4 Å². The van der Waals surface area contributed by atoms with Crippen molar-refractivity contribution in [3.8, 4) is 0 Å². The van der Waals surface area contributed by atoms with E-state index in [1.165, 1.54) is 17.5 Å². The van der Waals surface area contributed by atoms with E-state index in [4.69, 9.17) is 0 Å². The molecule has 3 rings (SSSR count). The molecule has 1 aromatic heterocycles. The third-order valence-electron chi connectivity index (χ3n) is 3.69. The molecule has 0 saturated carbocycles. The molecule has 1 unspecified atom stereocenters. The summed E-state index contributed by atoms with van der Waals surface area (Å²) in [6.45, 7) is 5.44. The summed E-state index contributed by atoms with van der Waals surface area (Å²) in [5.74, 6) is 0. The lowest BCUT2D eigenvalue weighted by Gasteiger charge is -2.34. The van der Waals surface area contributed by atoms with Gasteiger partial charge in [0.15, 0.2) is 0 Å². The average Bonchev–Trinajstić information content (AvgIpc) is 2.47. The summed E-state index contributed by atoms with van der Waals surface area (Å²) in [4.78, 5) is 6.98. The number of para-hydroxylation sites is 1. The average molecular weight is 241 g/mol. The maximum Gasteiger partial charge on any atom is 0.0703 e. The van der Waals surface area contributed by atoms with E-state index in [1.54, 1.807) is 0 Å². The second-order valence-corrected chi connectivity index (χ2v) is 4.89. The number of fused-ring (bicyclic) bond motifs is 1. The summed E-state index contributed by atoms with van der Waals surface area (Å²) >= 11 is 0. The van der Waals surface area contributed by atoms with E-state index in [0.29, 0.717) is 6.04 Å². The maximum absolute atomic E-state index is 4.55. The SMILES string of the molecule is CCC1CN(c2cnc3ccccc3c2)CCN1. The number of piperazine rings is 1. The van der Waals surface area contributed by atoms with Crippen LogP contribution in [-0.2, 0) is 0 Å². The van der Waals surface area contributed by atoms with Crippen LogP contribution in [0, 0.1) is 0 Å². The highest BCUT2D eigenvalue weighted by Crippen LogP contribution is 2.21. The van der Waals surface area contributed by atoms with E-state index in [-0.39, 0.29) is 0 Å². The number of nitrogens with one attached hydrogen (secondary N) is 1. The van der Waals surface area contributed by atoms with Gasteiger partial charge in [0.2, 0.25) is 0 Å². The van der Waals surface area contributed by atoms with Gasteiger partial charge in [0.25, 0.3) is 0 Å². The molecule has 2 heterocycles. The highest BCUT2D eigenvalue weighted by molar-refractivity contribution is 5.81. The van der Waals surface area contributed by atoms with E-state index in [0.717, 1.165) is 25.2 Å². The number of pyridine rings is 1. The molecule has 0 radical (unpaired) electrons. The number of nitrogens with zero attached hydrogens (tertiary/aromatic N) is 2. The molecule has 0 bridgehead atoms. The Balaban J connectivity index is 1.89. The molecule has 1 aliphatic heterocycles. The van der Waals surface area contributed by atoms with Crippen LogP contribution in [0.1, 0.15) is 13.3 Å². The number of hydrogen-bond acceptors (Lipinski definition) is 3. The molecule has 1 aliphatic rings. The zero-order chi connectivity index (χ0) is 12.4. The van der Waals surface area contributed by atoms with Crippen LogP contribution in [0.15, 0.2) is 36.5 Å². The highest BCUT2D eigenvalue weighted by atomic mass is 15.2. The Morgan fingerprint density at radius 1 is 1.39 bits per heavy atom. The first-order valence-electron chi connectivity index (χ1n) is 6.70. The van der Waals surface area contributed by atoms with Crippen LogP contribution in [-0.4, -0.2) is 30.7 Å². The Morgan fingerprint density at radius 2 is 2.28 bits per heavy atom. The van der Waals surface area contributed by atoms with Crippen molar-refractivity contribution in [3.05, 3.63) is 36.5 Å². The number of hydrogen-bond donors (Lipinski definition) is 1. The molecule has 1 N–H and O–H groups in total. The van der Waals surface area contributed by atoms with Crippen LogP contribution in [0.2, 0.25) is 0 Å². The first kappa shape index (κ1) is 11.5. The summed E-state index contributed by atoms with van der Waals surface area (Å²) in [6, 6.07) is 11.1. The maximum atomic E-state index is 4.55. The molecular weight excluding hydrogens is 222 g/mol. The van der Waals surface area contributed by atoms with Crippen molar-refractivity contribution >= 4 is 16.6 Å². The van der Waals surface area contributed by atoms with Crippen LogP contribution < -0.4 is 10.2 Å². The van der Waals surface area contributed by atoms with Gasteiger partial charge in [0, 0.05) is 31.1 Å². The van der Waals surface area contributed by atoms with E-state index in [9.17, 15) is 0 Å². The van der Waals surface area contributed by atoms with Gasteiger partial charge in [-0.3, -0.25) is 4.98 Å². The summed E-state index contributed by atoms with van der Waals surface area (Å²) in [5.41, 5.74) is 2.32. The predicted octanol–water partition coefficient (Wildman–Crippen LogP) is 2.42. The number of rotatable bonds is 2. The van der Waals surface area contributed by atoms with Gasteiger partial charge in [-0.25, -0.2) is 0 Å². The monoisotopic (exact) mass is 241 g/mol. The smallest absolute Gasteiger partial charge is 0.0703 e. The Morgan fingerprint density at radius 3 is 3.17 bits per heavy atom. The summed E-state index contributed by atoms with van der Waals surface area (Å²) < 4.78 is 0. The van der Waals surface area contributed by atoms with Crippen molar-refractivity contribution in [2.24, 2.45) is 0 Å². The van der Waals surface area contributed by atoms with Crippen molar-refractivity contribution in [2.45, 2.75) is 19.4 Å². The lowest BCUT2D eigenvalue weighted by atomic mass is 10.1. The van der Waals surface area contributed by atoms with Gasteiger partial charge in [0.1, 0.15) is 0 Å². The van der Waals surface area contributed by atoms with Crippen LogP contribution >= 0.6 is 0 Å². The van der Waals surface area contributed by atoms with Gasteiger partial charge < -0.3 is 10.2 Å². The van der Waals surface area contributed by atoms with E-state index in [2.05, 4.69) is 46.4 Å². The highest BCUT2D eigenvalue weighted by Gasteiger charge is 2.18. The molecule has 1 atom stereocenters. The molecule has 18 heavy (non-hydrogen) atoms. The largest absolute Gasteiger partial charge is 0.367 e. The summed E-state index contributed by atoms with van der Waals surface area (Å²) in [6.07, 6.45) is 3.18. The van der Waals surface area contributed by atoms with Crippen LogP contribution in [0.4, 0.5) is 5.69 Å². The van der Waals surface area contributed by atoms with Crippen LogP contribution in [0.3, 0.4) is 0 Å². The number of aromatic nitrogens is 1. The minimum atomic E-state index is 0.602. The van der Waals surface area contributed by atoms with Gasteiger partial charge in [-0.1, -0.05) is 25.1 Å². The van der Waals surface area contributed by atoms with E-state index < -0.39 is 0 Å². The predicted molar refractivity (Wildman–Crippen MR) is 76.0 cm³/mol. The third-order valence-corrected chi connectivity index (χ3v) is 3.69. The molecule has 0 aliphatic carbocycles. The quantitative estimate of drug-likeness (QED) is 0.875. The summed E-state index contributed by atoms with van der Waals surface area (Å²) in [5, 5.41) is 4.77. The topological polar surface area (TPSA) is 28.2 Å². The fraction of sp³-hybridized carbons (Fsp3) is 0.400. The number of benzene rings is 1. The molecule has 0 amide bonds. The Kier molecular flexibility index (Phi) is 3.15. The standard InChI is InChI=1S/C15H19N3/c1-2-13-11-18(8-7-16-13)14-9-12-5-3-4-6-15(12)17-10-14/h3-6,9-10,13,16H,2,7-8,11H2,1H3. The fourth-order valence-corrected chi connectivity index (χ4v) is 2.57. The van der Waals surface area contributed by atoms with Gasteiger partial charge in [-0.15, -0.1) is 0 Å². The molecule has 1 fully saturated rings. The minimum Gasteiger partial charge on any atom is -0.367 e. The van der Waals surface area contributed by atoms with Crippen molar-refractivity contribution in [1.82, 2.24) is 10.3 Å². The second kappa shape index (κ2) is 4.94. The molecular formula is C15H19N3. The van der Waals surface area contributed by atoms with Crippen molar-refractivity contribution in [3.63, 3.8) is 0 Å². The molecule has 1 aromatic carbocycles. The van der Waals surface area contributed by atoms with E-state index in [1.807, 2.05) is 12.3 Å². The van der Waals surface area contributed by atoms with Crippen LogP contribution in [0.25, 0.3) is 10.9 Å². The molecule has 1 saturated heterocycles. The van der Waals surface area contributed by atoms with Crippen molar-refractivity contribution in [2.75, 3.05) is 24.5 Å². The van der Waals surface area contributed by atoms with Crippen molar-refractivity contribution in [1.29, 1.82) is 0 Å². The Hall–Kier alpha value is -1.61. The molecule has 94 valence electrons. The summed E-state index contributed by atoms with van der Waals surface area (Å²) in [7, 11) is 0. The lowest BCUT2D eigenvalue weighted by Crippen LogP contribution is -2.50. The second-order valence-electron chi connectivity index (χ2n) is 4.89. The van der Waals surface area contributed by atoms with Crippen molar-refractivity contribution < 1.29 is 0 Å². The first-order valence-corrected chi connectivity index (χ1v) is 6.70. The van der Waals surface area contributed by atoms with Gasteiger partial charge >= 0.3 is 0 Å².